The first-order valence-electron chi connectivity index (χ1n) is 23.0. The minimum absolute atomic E-state index is 0.000782. The third-order valence-electron chi connectivity index (χ3n) is 12.6. The van der Waals surface area contributed by atoms with Gasteiger partial charge >= 0.3 is 5.69 Å². The Bertz CT molecular complexity index is 2630. The van der Waals surface area contributed by atoms with Crippen LogP contribution < -0.4 is 20.7 Å². The van der Waals surface area contributed by atoms with Crippen molar-refractivity contribution in [3.05, 3.63) is 164 Å². The lowest BCUT2D eigenvalue weighted by Crippen LogP contribution is -2.54. The Labute approximate surface area is 403 Å². The number of hydrogen-bond acceptors (Lipinski definition) is 13. The van der Waals surface area contributed by atoms with Gasteiger partial charge in [0, 0.05) is 37.5 Å². The van der Waals surface area contributed by atoms with E-state index in [0.717, 1.165) is 16.7 Å². The van der Waals surface area contributed by atoms with E-state index in [9.17, 15) is 24.4 Å². The van der Waals surface area contributed by atoms with Crippen LogP contribution in [-0.2, 0) is 28.9 Å². The summed E-state index contributed by atoms with van der Waals surface area (Å²) in [6.45, 7) is 9.49. The van der Waals surface area contributed by atoms with E-state index in [1.54, 1.807) is 45.4 Å². The van der Waals surface area contributed by atoms with Gasteiger partial charge < -0.3 is 32.7 Å². The molecule has 2 aliphatic rings. The Morgan fingerprint density at radius 1 is 0.812 bits per heavy atom. The highest BCUT2D eigenvalue weighted by molar-refractivity contribution is 7.44. The van der Waals surface area contributed by atoms with Gasteiger partial charge in [0.05, 0.1) is 51.1 Å². The minimum atomic E-state index is -2.06. The highest BCUT2D eigenvalue weighted by Crippen LogP contribution is 2.57. The van der Waals surface area contributed by atoms with Gasteiger partial charge in [0.25, 0.3) is 25.9 Å². The Morgan fingerprint density at radius 2 is 1.36 bits per heavy atom. The molecule has 1 fully saturated rings. The van der Waals surface area contributed by atoms with Crippen LogP contribution >= 0.6 is 8.53 Å². The average molecular weight is 962 g/mol. The second-order valence-electron chi connectivity index (χ2n) is 17.5. The number of nitriles is 1. The van der Waals surface area contributed by atoms with Gasteiger partial charge in [-0.1, -0.05) is 66.7 Å². The zero-order valence-corrected chi connectivity index (χ0v) is 41.1. The van der Waals surface area contributed by atoms with Gasteiger partial charge in [-0.15, -0.1) is 0 Å². The van der Waals surface area contributed by atoms with Crippen molar-refractivity contribution >= 4 is 20.3 Å². The van der Waals surface area contributed by atoms with Crippen molar-refractivity contribution in [2.24, 2.45) is 0 Å². The molecule has 2 amide bonds. The summed E-state index contributed by atoms with van der Waals surface area (Å²) < 4.78 is 49.8. The maximum Gasteiger partial charge on any atom is 0.330 e. The molecule has 5 aromatic rings. The molecule has 1 aromatic heterocycles. The lowest BCUT2D eigenvalue weighted by atomic mass is 9.79. The van der Waals surface area contributed by atoms with E-state index in [-0.39, 0.29) is 56.7 Å². The molecule has 3 heterocycles. The van der Waals surface area contributed by atoms with Crippen molar-refractivity contribution < 1.29 is 42.3 Å². The number of carbonyl (C=O) groups excluding carboxylic acids is 2. The number of hydrogen-bond donors (Lipinski definition) is 1. The molecule has 0 spiro atoms. The quantitative estimate of drug-likeness (QED) is 0.0306. The molecule has 69 heavy (non-hydrogen) atoms. The van der Waals surface area contributed by atoms with Crippen LogP contribution in [0.2, 0.25) is 0 Å². The van der Waals surface area contributed by atoms with Gasteiger partial charge in [-0.2, -0.15) is 5.26 Å². The molecule has 364 valence electrons. The molecule has 1 N–H and O–H groups in total. The number of nitrogens with zero attached hydrogens (tertiary/aromatic N) is 4. The molecule has 4 aromatic carbocycles. The SMILES string of the molecule is COc1ccc(C(OC[C@H]2O[C@@H](n3cc(C)c(=O)[nH]c3=O)[C@H](OC)[C@]2(CCCN2C(=O)c3ccccc3C2=O)OP(OCCC#N)N(C(C)C)C(C)C)(c2ccccc2)c2ccc(OC)cc2)cc1. The van der Waals surface area contributed by atoms with Crippen LogP contribution in [0, 0.1) is 18.3 Å². The van der Waals surface area contributed by atoms with Crippen molar-refractivity contribution in [1.82, 2.24) is 19.1 Å². The number of imide groups is 1. The van der Waals surface area contributed by atoms with Crippen LogP contribution in [0.25, 0.3) is 0 Å². The zero-order valence-electron chi connectivity index (χ0n) is 40.2. The first kappa shape index (κ1) is 50.8. The maximum atomic E-state index is 13.9. The molecule has 17 heteroatoms. The summed E-state index contributed by atoms with van der Waals surface area (Å²) in [4.78, 5) is 57.9. The van der Waals surface area contributed by atoms with Crippen LogP contribution in [0.3, 0.4) is 0 Å². The molecular formula is C52H60N5O11P. The van der Waals surface area contributed by atoms with Gasteiger partial charge in [-0.05, 0) is 101 Å². The molecule has 0 aliphatic carbocycles. The molecule has 1 saturated heterocycles. The molecule has 0 bridgehead atoms. The molecule has 0 saturated carbocycles. The van der Waals surface area contributed by atoms with Gasteiger partial charge in [0.2, 0.25) is 0 Å². The number of aromatic amines is 1. The smallest absolute Gasteiger partial charge is 0.330 e. The van der Waals surface area contributed by atoms with E-state index in [4.69, 9.17) is 32.7 Å². The monoisotopic (exact) mass is 961 g/mol. The topological polar surface area (TPSA) is 184 Å². The van der Waals surface area contributed by atoms with Crippen LogP contribution in [0.1, 0.15) is 96.2 Å². The number of carbonyl (C=O) groups is 2. The summed E-state index contributed by atoms with van der Waals surface area (Å²) in [5, 5.41) is 9.67. The van der Waals surface area contributed by atoms with E-state index >= 15 is 0 Å². The zero-order chi connectivity index (χ0) is 49.5. The maximum absolute atomic E-state index is 13.9. The van der Waals surface area contributed by atoms with E-state index in [1.165, 1.54) is 22.8 Å². The predicted octanol–water partition coefficient (Wildman–Crippen LogP) is 7.89. The number of aryl methyl sites for hydroxylation is 1. The van der Waals surface area contributed by atoms with Gasteiger partial charge in [0.1, 0.15) is 34.9 Å². The molecule has 2 aliphatic heterocycles. The normalized spacial score (nSPS) is 19.6. The fourth-order valence-electron chi connectivity index (χ4n) is 9.38. The van der Waals surface area contributed by atoms with Gasteiger partial charge in [-0.25, -0.2) is 9.46 Å². The summed E-state index contributed by atoms with van der Waals surface area (Å²) in [6, 6.07) is 33.6. The Morgan fingerprint density at radius 3 is 1.88 bits per heavy atom. The average Bonchev–Trinajstić information content (AvgIpc) is 3.78. The molecular weight excluding hydrogens is 902 g/mol. The third kappa shape index (κ3) is 10.2. The second kappa shape index (κ2) is 22.2. The highest BCUT2D eigenvalue weighted by Gasteiger charge is 2.61. The minimum Gasteiger partial charge on any atom is -0.497 e. The van der Waals surface area contributed by atoms with Crippen molar-refractivity contribution in [2.45, 2.75) is 95.6 Å². The number of fused-ring (bicyclic) bond motifs is 1. The highest BCUT2D eigenvalue weighted by atomic mass is 31.2. The van der Waals surface area contributed by atoms with Crippen LogP contribution in [0.5, 0.6) is 11.5 Å². The number of rotatable bonds is 22. The summed E-state index contributed by atoms with van der Waals surface area (Å²) in [7, 11) is 2.63. The number of methoxy groups -OCH3 is 3. The fraction of sp³-hybridized carbons (Fsp3) is 0.404. The lowest BCUT2D eigenvalue weighted by Gasteiger charge is -2.45. The first-order chi connectivity index (χ1) is 33.2. The van der Waals surface area contributed by atoms with Crippen LogP contribution in [0.4, 0.5) is 0 Å². The van der Waals surface area contributed by atoms with Crippen molar-refractivity contribution in [2.75, 3.05) is 41.1 Å². The number of nitrogens with one attached hydrogen (secondary N) is 1. The second-order valence-corrected chi connectivity index (χ2v) is 18.8. The Balaban J connectivity index is 1.43. The van der Waals surface area contributed by atoms with Crippen molar-refractivity contribution in [1.29, 1.82) is 5.26 Å². The number of benzene rings is 4. The van der Waals surface area contributed by atoms with Gasteiger partial charge in [0.15, 0.2) is 6.23 Å². The third-order valence-corrected chi connectivity index (χ3v) is 14.8. The fourth-order valence-corrected chi connectivity index (χ4v) is 11.3. The lowest BCUT2D eigenvalue weighted by molar-refractivity contribution is -0.123. The number of ether oxygens (including phenoxy) is 5. The molecule has 0 radical (unpaired) electrons. The van der Waals surface area contributed by atoms with Crippen molar-refractivity contribution in [3.8, 4) is 17.6 Å². The molecule has 7 rings (SSSR count). The van der Waals surface area contributed by atoms with E-state index < -0.39 is 61.2 Å². The first-order valence-corrected chi connectivity index (χ1v) is 24.1. The number of H-pyrrole nitrogens is 1. The van der Waals surface area contributed by atoms with E-state index in [0.29, 0.717) is 22.6 Å². The van der Waals surface area contributed by atoms with Gasteiger partial charge in [-0.3, -0.25) is 28.8 Å². The standard InChI is InChI=1S/C52H60N5O11P/c1-34(2)57(35(3)4)69(66-31-15-29-53)68-51(28-14-30-55-47(59)42-18-12-13-19-43(42)48(55)60)44(67-49(45(51)64-8)56-32-36(5)46(58)54-50(56)61)33-65-52(37-16-10-9-11-17-37,38-20-24-40(62-6)25-21-38)39-22-26-41(63-7)27-23-39/h9-13,16-27,32,34-35,44-45,49H,14-15,28,30-31,33H2,1-8H3,(H,54,58,61)/t44-,45+,49-,51-,69?/m1/s1. The van der Waals surface area contributed by atoms with Crippen LogP contribution in [-0.4, -0.2) is 102 Å². The largest absolute Gasteiger partial charge is 0.497 e. The summed E-state index contributed by atoms with van der Waals surface area (Å²) in [5.74, 6) is 0.447. The summed E-state index contributed by atoms with van der Waals surface area (Å²) in [5.41, 5.74) is -1.08. The summed E-state index contributed by atoms with van der Waals surface area (Å²) in [6.07, 6.45) is -1.67. The molecule has 5 atom stereocenters. The molecule has 16 nitrogen and oxygen atoms in total. The van der Waals surface area contributed by atoms with Crippen LogP contribution in [0.15, 0.2) is 119 Å². The number of amides is 2. The summed E-state index contributed by atoms with van der Waals surface area (Å²) >= 11 is 0. The Hall–Kier alpha value is -6.02. The Kier molecular flexibility index (Phi) is 16.3. The number of aromatic nitrogens is 2. The predicted molar refractivity (Wildman–Crippen MR) is 259 cm³/mol. The van der Waals surface area contributed by atoms with E-state index in [1.807, 2.05) is 107 Å². The molecule has 1 unspecified atom stereocenters. The van der Waals surface area contributed by atoms with Crippen molar-refractivity contribution in [3.63, 3.8) is 0 Å². The van der Waals surface area contributed by atoms with E-state index in [2.05, 4.69) is 15.7 Å².